The van der Waals surface area contributed by atoms with Crippen molar-refractivity contribution >= 4 is 23.1 Å². The molecule has 21 heavy (non-hydrogen) atoms. The van der Waals surface area contributed by atoms with Crippen molar-refractivity contribution in [2.75, 3.05) is 18.0 Å². The molecule has 1 saturated heterocycles. The van der Waals surface area contributed by atoms with Gasteiger partial charge in [0.25, 0.3) is 0 Å². The number of piperidine rings is 1. The first kappa shape index (κ1) is 14.7. The van der Waals surface area contributed by atoms with Crippen LogP contribution in [0.4, 0.5) is 5.69 Å². The zero-order valence-electron chi connectivity index (χ0n) is 12.1. The summed E-state index contributed by atoms with van der Waals surface area (Å²) in [6.07, 6.45) is 5.12. The van der Waals surface area contributed by atoms with Crippen LogP contribution in [0.2, 0.25) is 5.02 Å². The van der Waals surface area contributed by atoms with Gasteiger partial charge >= 0.3 is 0 Å². The van der Waals surface area contributed by atoms with Crippen LogP contribution in [0.25, 0.3) is 0 Å². The highest BCUT2D eigenvalue weighted by atomic mass is 35.5. The Balaban J connectivity index is 1.87. The molecule has 2 atom stereocenters. The molecule has 1 heterocycles. The first-order valence-electron chi connectivity index (χ1n) is 7.61. The summed E-state index contributed by atoms with van der Waals surface area (Å²) in [6.45, 7) is 1.63. The van der Waals surface area contributed by atoms with Crippen molar-refractivity contribution in [3.05, 3.63) is 28.8 Å². The molecule has 0 aromatic heterocycles. The van der Waals surface area contributed by atoms with E-state index in [-0.39, 0.29) is 5.84 Å². The van der Waals surface area contributed by atoms with Gasteiger partial charge in [-0.1, -0.05) is 24.4 Å². The molecule has 0 radical (unpaired) electrons. The van der Waals surface area contributed by atoms with Gasteiger partial charge < -0.3 is 15.7 Å². The van der Waals surface area contributed by atoms with E-state index in [1.807, 2.05) is 12.1 Å². The number of anilines is 1. The molecule has 4 N–H and O–H groups in total. The third-order valence-electron chi connectivity index (χ3n) is 5.02. The Morgan fingerprint density at radius 1 is 1.38 bits per heavy atom. The quantitative estimate of drug-likeness (QED) is 0.581. The van der Waals surface area contributed by atoms with Crippen molar-refractivity contribution < 1.29 is 5.11 Å². The topological polar surface area (TPSA) is 73.3 Å². The highest BCUT2D eigenvalue weighted by molar-refractivity contribution is 6.31. The minimum absolute atomic E-state index is 0.0389. The van der Waals surface area contributed by atoms with Crippen molar-refractivity contribution in [2.45, 2.75) is 37.7 Å². The lowest BCUT2D eigenvalue weighted by Crippen LogP contribution is -2.53. The minimum atomic E-state index is -0.489. The average Bonchev–Trinajstić information content (AvgIpc) is 2.46. The molecule has 4 nitrogen and oxygen atoms in total. The van der Waals surface area contributed by atoms with E-state index < -0.39 is 5.60 Å². The first-order valence-corrected chi connectivity index (χ1v) is 7.99. The summed E-state index contributed by atoms with van der Waals surface area (Å²) in [6, 6.07) is 5.53. The smallest absolute Gasteiger partial charge is 0.124 e. The normalized spacial score (nSPS) is 29.0. The van der Waals surface area contributed by atoms with Crippen LogP contribution in [0.1, 0.15) is 37.7 Å². The summed E-state index contributed by atoms with van der Waals surface area (Å²) in [5, 5.41) is 19.1. The Bertz CT molecular complexity index is 562. The number of rotatable bonds is 2. The fourth-order valence-corrected chi connectivity index (χ4v) is 3.96. The third-order valence-corrected chi connectivity index (χ3v) is 5.25. The number of aliphatic hydroxyl groups is 1. The highest BCUT2D eigenvalue weighted by Gasteiger charge is 2.43. The molecule has 1 aromatic carbocycles. The molecule has 0 bridgehead atoms. The molecule has 3 rings (SSSR count). The maximum absolute atomic E-state index is 10.8. The second kappa shape index (κ2) is 5.50. The van der Waals surface area contributed by atoms with E-state index in [0.29, 0.717) is 16.5 Å². The minimum Gasteiger partial charge on any atom is -0.389 e. The third kappa shape index (κ3) is 2.74. The molecule has 5 heteroatoms. The first-order chi connectivity index (χ1) is 9.99. The van der Waals surface area contributed by atoms with Gasteiger partial charge in [0.05, 0.1) is 5.60 Å². The average molecular weight is 308 g/mol. The van der Waals surface area contributed by atoms with Crippen LogP contribution in [-0.4, -0.2) is 29.6 Å². The zero-order chi connectivity index (χ0) is 15.0. The molecule has 1 aromatic rings. The van der Waals surface area contributed by atoms with Gasteiger partial charge in [-0.15, -0.1) is 0 Å². The molecular formula is C16H22ClN3O. The van der Waals surface area contributed by atoms with Crippen LogP contribution in [0, 0.1) is 11.3 Å². The number of hydrogen-bond donors (Lipinski definition) is 3. The Hall–Kier alpha value is -1.26. The van der Waals surface area contributed by atoms with Gasteiger partial charge in [0.1, 0.15) is 5.84 Å². The van der Waals surface area contributed by atoms with Crippen LogP contribution in [0.3, 0.4) is 0 Å². The number of amidine groups is 1. The van der Waals surface area contributed by atoms with Crippen molar-refractivity contribution in [3.8, 4) is 0 Å². The lowest BCUT2D eigenvalue weighted by atomic mass is 9.71. The van der Waals surface area contributed by atoms with E-state index in [0.717, 1.165) is 44.5 Å². The predicted octanol–water partition coefficient (Wildman–Crippen LogP) is 2.76. The molecule has 1 saturated carbocycles. The Morgan fingerprint density at radius 3 is 2.95 bits per heavy atom. The number of benzene rings is 1. The van der Waals surface area contributed by atoms with Gasteiger partial charge in [0, 0.05) is 35.3 Å². The molecule has 114 valence electrons. The molecule has 2 fully saturated rings. The van der Waals surface area contributed by atoms with E-state index in [4.69, 9.17) is 22.7 Å². The largest absolute Gasteiger partial charge is 0.389 e. The predicted molar refractivity (Wildman–Crippen MR) is 86.2 cm³/mol. The van der Waals surface area contributed by atoms with Crippen LogP contribution in [0.15, 0.2) is 18.2 Å². The van der Waals surface area contributed by atoms with Crippen LogP contribution in [0.5, 0.6) is 0 Å². The monoisotopic (exact) mass is 307 g/mol. The van der Waals surface area contributed by atoms with Gasteiger partial charge in [-0.25, -0.2) is 0 Å². The van der Waals surface area contributed by atoms with Gasteiger partial charge in [0.2, 0.25) is 0 Å². The maximum Gasteiger partial charge on any atom is 0.124 e. The van der Waals surface area contributed by atoms with Gasteiger partial charge in [0.15, 0.2) is 0 Å². The standard InChI is InChI=1S/C16H22ClN3O/c17-12-4-5-14(13(9-12)15(18)19)20-8-7-16(21)6-2-1-3-11(16)10-20/h4-5,9,11,21H,1-3,6-8,10H2,(H3,18,19). The van der Waals surface area contributed by atoms with Crippen molar-refractivity contribution in [1.29, 1.82) is 5.41 Å². The number of nitrogens with zero attached hydrogens (tertiary/aromatic N) is 1. The second-order valence-corrected chi connectivity index (χ2v) is 6.75. The van der Waals surface area contributed by atoms with Crippen LogP contribution in [-0.2, 0) is 0 Å². The van der Waals surface area contributed by atoms with Gasteiger partial charge in [-0.2, -0.15) is 0 Å². The fourth-order valence-electron chi connectivity index (χ4n) is 3.79. The SMILES string of the molecule is N=C(N)c1cc(Cl)ccc1N1CCC2(O)CCCCC2C1. The fraction of sp³-hybridized carbons (Fsp3) is 0.562. The van der Waals surface area contributed by atoms with Crippen LogP contribution < -0.4 is 10.6 Å². The molecule has 1 aliphatic heterocycles. The van der Waals surface area contributed by atoms with Crippen LogP contribution >= 0.6 is 11.6 Å². The molecule has 0 amide bonds. The lowest BCUT2D eigenvalue weighted by Gasteiger charge is -2.48. The maximum atomic E-state index is 10.8. The zero-order valence-corrected chi connectivity index (χ0v) is 12.9. The molecule has 1 aliphatic carbocycles. The summed E-state index contributed by atoms with van der Waals surface area (Å²) in [7, 11) is 0. The molecule has 0 spiro atoms. The van der Waals surface area contributed by atoms with Gasteiger partial charge in [-0.05, 0) is 37.5 Å². The van der Waals surface area contributed by atoms with E-state index in [1.54, 1.807) is 6.07 Å². The number of fused-ring (bicyclic) bond motifs is 1. The second-order valence-electron chi connectivity index (χ2n) is 6.32. The number of nitrogens with one attached hydrogen (secondary N) is 1. The van der Waals surface area contributed by atoms with E-state index in [9.17, 15) is 5.11 Å². The van der Waals surface area contributed by atoms with E-state index in [2.05, 4.69) is 4.90 Å². The van der Waals surface area contributed by atoms with Crippen molar-refractivity contribution in [3.63, 3.8) is 0 Å². The van der Waals surface area contributed by atoms with Gasteiger partial charge in [-0.3, -0.25) is 5.41 Å². The molecule has 2 aliphatic rings. The van der Waals surface area contributed by atoms with E-state index in [1.165, 1.54) is 6.42 Å². The summed E-state index contributed by atoms with van der Waals surface area (Å²) < 4.78 is 0. The summed E-state index contributed by atoms with van der Waals surface area (Å²) in [4.78, 5) is 2.25. The highest BCUT2D eigenvalue weighted by Crippen LogP contribution is 2.41. The number of nitrogen functional groups attached to an aromatic ring is 1. The molecular weight excluding hydrogens is 286 g/mol. The van der Waals surface area contributed by atoms with Crippen molar-refractivity contribution in [1.82, 2.24) is 0 Å². The summed E-state index contributed by atoms with van der Waals surface area (Å²) >= 11 is 6.02. The Labute approximate surface area is 130 Å². The summed E-state index contributed by atoms with van der Waals surface area (Å²) in [5.41, 5.74) is 6.85. The number of halogens is 1. The number of nitrogens with two attached hydrogens (primary N) is 1. The van der Waals surface area contributed by atoms with E-state index >= 15 is 0 Å². The molecule has 2 unspecified atom stereocenters. The summed E-state index contributed by atoms with van der Waals surface area (Å²) in [5.74, 6) is 0.354. The lowest BCUT2D eigenvalue weighted by molar-refractivity contribution is -0.0612. The Kier molecular flexibility index (Phi) is 3.84. The Morgan fingerprint density at radius 2 is 2.19 bits per heavy atom. The number of hydrogen-bond acceptors (Lipinski definition) is 3. The van der Waals surface area contributed by atoms with Crippen molar-refractivity contribution in [2.24, 2.45) is 11.7 Å².